The second-order valence-electron chi connectivity index (χ2n) is 6.17. The number of benzene rings is 1. The lowest BCUT2D eigenvalue weighted by molar-refractivity contribution is 0.533. The van der Waals surface area contributed by atoms with Crippen molar-refractivity contribution in [3.63, 3.8) is 0 Å². The van der Waals surface area contributed by atoms with Crippen molar-refractivity contribution < 1.29 is 4.39 Å². The lowest BCUT2D eigenvalue weighted by Gasteiger charge is -2.32. The molecule has 0 aliphatic carbocycles. The zero-order chi connectivity index (χ0) is 15.4. The second kappa shape index (κ2) is 6.95. The monoisotopic (exact) mass is 301 g/mol. The number of halogens is 1. The molecule has 0 N–H and O–H groups in total. The van der Waals surface area contributed by atoms with Crippen molar-refractivity contribution in [1.29, 1.82) is 0 Å². The highest BCUT2D eigenvalue weighted by molar-refractivity contribution is 5.57. The minimum atomic E-state index is -0.0498. The highest BCUT2D eigenvalue weighted by Crippen LogP contribution is 2.31. The number of fused-ring (bicyclic) bond motifs is 1. The van der Waals surface area contributed by atoms with Crippen LogP contribution in [0.25, 0.3) is 0 Å². The summed E-state index contributed by atoms with van der Waals surface area (Å²) in [5, 5.41) is 4.21. The molecule has 4 heteroatoms. The highest BCUT2D eigenvalue weighted by Gasteiger charge is 2.20. The first-order valence-electron chi connectivity index (χ1n) is 8.25. The van der Waals surface area contributed by atoms with Gasteiger partial charge in [-0.3, -0.25) is 4.68 Å². The molecule has 0 unspecified atom stereocenters. The van der Waals surface area contributed by atoms with Crippen molar-refractivity contribution in [2.75, 3.05) is 18.0 Å². The van der Waals surface area contributed by atoms with E-state index < -0.39 is 0 Å². The average Bonchev–Trinajstić information content (AvgIpc) is 2.99. The fraction of sp³-hybridized carbons (Fsp3) is 0.500. The van der Waals surface area contributed by atoms with Crippen molar-refractivity contribution in [2.45, 2.75) is 45.6 Å². The zero-order valence-corrected chi connectivity index (χ0v) is 13.3. The largest absolute Gasteiger partial charge is 0.369 e. The summed E-state index contributed by atoms with van der Waals surface area (Å²) in [5.41, 5.74) is 3.06. The Hall–Kier alpha value is -1.84. The predicted molar refractivity (Wildman–Crippen MR) is 87.7 cm³/mol. The van der Waals surface area contributed by atoms with Gasteiger partial charge in [0, 0.05) is 32.0 Å². The lowest BCUT2D eigenvalue weighted by atomic mass is 9.98. The maximum Gasteiger partial charge on any atom is 0.147 e. The van der Waals surface area contributed by atoms with Crippen molar-refractivity contribution in [1.82, 2.24) is 9.78 Å². The molecule has 3 rings (SSSR count). The molecule has 118 valence electrons. The van der Waals surface area contributed by atoms with Crippen molar-refractivity contribution in [2.24, 2.45) is 0 Å². The molecule has 0 fully saturated rings. The summed E-state index contributed by atoms with van der Waals surface area (Å²) < 4.78 is 16.3. The van der Waals surface area contributed by atoms with Gasteiger partial charge in [0.25, 0.3) is 0 Å². The van der Waals surface area contributed by atoms with Crippen LogP contribution >= 0.6 is 0 Å². The number of aryl methyl sites for hydroxylation is 3. The van der Waals surface area contributed by atoms with Gasteiger partial charge in [-0.2, -0.15) is 5.10 Å². The van der Waals surface area contributed by atoms with E-state index in [-0.39, 0.29) is 5.82 Å². The van der Waals surface area contributed by atoms with Gasteiger partial charge in [0.1, 0.15) is 5.82 Å². The van der Waals surface area contributed by atoms with E-state index in [0.717, 1.165) is 63.0 Å². The molecule has 0 amide bonds. The molecule has 0 atom stereocenters. The number of rotatable bonds is 6. The van der Waals surface area contributed by atoms with Crippen molar-refractivity contribution in [3.05, 3.63) is 47.5 Å². The van der Waals surface area contributed by atoms with E-state index in [2.05, 4.69) is 16.1 Å². The Labute approximate surface area is 131 Å². The molecule has 0 bridgehead atoms. The van der Waals surface area contributed by atoms with E-state index in [1.165, 1.54) is 5.56 Å². The third kappa shape index (κ3) is 3.49. The summed E-state index contributed by atoms with van der Waals surface area (Å²) in [6, 6.07) is 5.76. The summed E-state index contributed by atoms with van der Waals surface area (Å²) in [6.07, 6.45) is 9.33. The summed E-state index contributed by atoms with van der Waals surface area (Å²) in [7, 11) is 0. The molecule has 2 aromatic rings. The molecule has 1 aliphatic heterocycles. The molecule has 0 saturated heterocycles. The maximum atomic E-state index is 14.3. The zero-order valence-electron chi connectivity index (χ0n) is 13.3. The fourth-order valence-electron chi connectivity index (χ4n) is 3.33. The highest BCUT2D eigenvalue weighted by atomic mass is 19.1. The SMILES string of the molecule is Cc1cc(F)c2c(c1)CCCN2CCCCCn1cccn1. The van der Waals surface area contributed by atoms with Gasteiger partial charge in [-0.1, -0.05) is 6.07 Å². The molecule has 1 aliphatic rings. The third-order valence-electron chi connectivity index (χ3n) is 4.35. The van der Waals surface area contributed by atoms with Crippen LogP contribution in [0.5, 0.6) is 0 Å². The van der Waals surface area contributed by atoms with Gasteiger partial charge in [0.2, 0.25) is 0 Å². The third-order valence-corrected chi connectivity index (χ3v) is 4.35. The van der Waals surface area contributed by atoms with Crippen LogP contribution in [0.2, 0.25) is 0 Å². The number of anilines is 1. The Bertz CT molecular complexity index is 607. The first-order valence-corrected chi connectivity index (χ1v) is 8.25. The van der Waals surface area contributed by atoms with Gasteiger partial charge >= 0.3 is 0 Å². The van der Waals surface area contributed by atoms with Crippen LogP contribution < -0.4 is 4.90 Å². The van der Waals surface area contributed by atoms with Crippen LogP contribution in [0, 0.1) is 12.7 Å². The standard InChI is InChI=1S/C18H24FN3/c1-15-13-16-7-5-10-21(18(16)17(19)14-15)9-3-2-4-11-22-12-6-8-20-22/h6,8,12-14H,2-5,7,9-11H2,1H3. The number of hydrogen-bond donors (Lipinski definition) is 0. The number of aromatic nitrogens is 2. The number of hydrogen-bond acceptors (Lipinski definition) is 2. The minimum absolute atomic E-state index is 0.0498. The van der Waals surface area contributed by atoms with E-state index in [1.54, 1.807) is 6.07 Å². The fourth-order valence-corrected chi connectivity index (χ4v) is 3.33. The van der Waals surface area contributed by atoms with Gasteiger partial charge < -0.3 is 4.90 Å². The quantitative estimate of drug-likeness (QED) is 0.753. The first kappa shape index (κ1) is 15.1. The average molecular weight is 301 g/mol. The molecule has 2 heterocycles. The van der Waals surface area contributed by atoms with Crippen LogP contribution in [0.15, 0.2) is 30.6 Å². The van der Waals surface area contributed by atoms with Gasteiger partial charge in [0.15, 0.2) is 0 Å². The van der Waals surface area contributed by atoms with Crippen LogP contribution in [0.1, 0.15) is 36.8 Å². The van der Waals surface area contributed by atoms with Crippen molar-refractivity contribution >= 4 is 5.69 Å². The molecular formula is C18H24FN3. The second-order valence-corrected chi connectivity index (χ2v) is 6.17. The Balaban J connectivity index is 1.52. The molecule has 1 aromatic carbocycles. The van der Waals surface area contributed by atoms with Gasteiger partial charge in [-0.25, -0.2) is 4.39 Å². The Morgan fingerprint density at radius 2 is 2.05 bits per heavy atom. The van der Waals surface area contributed by atoms with Crippen LogP contribution in [-0.4, -0.2) is 22.9 Å². The molecule has 0 radical (unpaired) electrons. The van der Waals surface area contributed by atoms with Crippen LogP contribution in [0.4, 0.5) is 10.1 Å². The van der Waals surface area contributed by atoms with E-state index in [4.69, 9.17) is 0 Å². The topological polar surface area (TPSA) is 21.1 Å². The minimum Gasteiger partial charge on any atom is -0.369 e. The molecule has 0 saturated carbocycles. The van der Waals surface area contributed by atoms with E-state index in [0.29, 0.717) is 0 Å². The van der Waals surface area contributed by atoms with E-state index in [1.807, 2.05) is 30.1 Å². The normalized spacial score (nSPS) is 14.2. The van der Waals surface area contributed by atoms with Gasteiger partial charge in [-0.05, 0) is 62.3 Å². The number of unbranched alkanes of at least 4 members (excludes halogenated alkanes) is 2. The summed E-state index contributed by atoms with van der Waals surface area (Å²) in [5.74, 6) is -0.0498. The van der Waals surface area contributed by atoms with Crippen LogP contribution in [0.3, 0.4) is 0 Å². The van der Waals surface area contributed by atoms with Crippen LogP contribution in [-0.2, 0) is 13.0 Å². The molecule has 22 heavy (non-hydrogen) atoms. The molecule has 0 spiro atoms. The summed E-state index contributed by atoms with van der Waals surface area (Å²) in [4.78, 5) is 2.24. The molecule has 1 aromatic heterocycles. The first-order chi connectivity index (χ1) is 10.7. The van der Waals surface area contributed by atoms with E-state index >= 15 is 0 Å². The summed E-state index contributed by atoms with van der Waals surface area (Å²) in [6.45, 7) is 4.87. The lowest BCUT2D eigenvalue weighted by Crippen LogP contribution is -2.31. The number of nitrogens with zero attached hydrogens (tertiary/aromatic N) is 3. The van der Waals surface area contributed by atoms with Crippen molar-refractivity contribution in [3.8, 4) is 0 Å². The van der Waals surface area contributed by atoms with Gasteiger partial charge in [0.05, 0.1) is 5.69 Å². The Morgan fingerprint density at radius 3 is 2.86 bits per heavy atom. The molecule has 3 nitrogen and oxygen atoms in total. The smallest absolute Gasteiger partial charge is 0.147 e. The Morgan fingerprint density at radius 1 is 1.18 bits per heavy atom. The van der Waals surface area contributed by atoms with Gasteiger partial charge in [-0.15, -0.1) is 0 Å². The molecular weight excluding hydrogens is 277 g/mol. The van der Waals surface area contributed by atoms with E-state index in [9.17, 15) is 4.39 Å². The summed E-state index contributed by atoms with van der Waals surface area (Å²) >= 11 is 0. The predicted octanol–water partition coefficient (Wildman–Crippen LogP) is 3.95. The maximum absolute atomic E-state index is 14.3. The Kier molecular flexibility index (Phi) is 4.76.